The van der Waals surface area contributed by atoms with Crippen molar-refractivity contribution in [2.45, 2.75) is 6.92 Å². The van der Waals surface area contributed by atoms with Crippen molar-refractivity contribution >= 4 is 11.6 Å². The molecule has 0 fully saturated rings. The summed E-state index contributed by atoms with van der Waals surface area (Å²) in [6, 6.07) is 27.5. The molecule has 0 unspecified atom stereocenters. The predicted molar refractivity (Wildman–Crippen MR) is 111 cm³/mol. The number of para-hydroxylation sites is 2. The number of carbonyl (C=O) groups excluding carboxylic acids is 1. The number of amides is 1. The largest absolute Gasteiger partial charge is 0.309 e. The number of carbonyl (C=O) groups is 1. The van der Waals surface area contributed by atoms with Crippen LogP contribution in [0.3, 0.4) is 0 Å². The molecule has 3 aromatic carbocycles. The van der Waals surface area contributed by atoms with Crippen molar-refractivity contribution in [2.24, 2.45) is 0 Å². The molecule has 0 aliphatic carbocycles. The average molecular weight is 368 g/mol. The van der Waals surface area contributed by atoms with Gasteiger partial charge >= 0.3 is 0 Å². The Bertz CT molecular complexity index is 1100. The zero-order chi connectivity index (χ0) is 19.5. The molecule has 0 N–H and O–H groups in total. The third kappa shape index (κ3) is 3.18. The molecule has 1 heterocycles. The van der Waals surface area contributed by atoms with E-state index in [1.165, 1.54) is 0 Å². The first-order chi connectivity index (χ1) is 13.7. The Morgan fingerprint density at radius 2 is 1.46 bits per heavy atom. The minimum Gasteiger partial charge on any atom is -0.309 e. The van der Waals surface area contributed by atoms with Crippen molar-refractivity contribution < 1.29 is 4.79 Å². The van der Waals surface area contributed by atoms with Crippen molar-refractivity contribution in [1.82, 2.24) is 15.0 Å². The molecule has 0 saturated heterocycles. The van der Waals surface area contributed by atoms with Gasteiger partial charge in [0, 0.05) is 12.6 Å². The molecule has 0 bridgehead atoms. The lowest BCUT2D eigenvalue weighted by Gasteiger charge is -2.21. The van der Waals surface area contributed by atoms with E-state index >= 15 is 0 Å². The van der Waals surface area contributed by atoms with Crippen LogP contribution in [0.15, 0.2) is 84.9 Å². The van der Waals surface area contributed by atoms with Gasteiger partial charge in [-0.1, -0.05) is 71.9 Å². The van der Waals surface area contributed by atoms with E-state index in [-0.39, 0.29) is 5.91 Å². The van der Waals surface area contributed by atoms with Crippen molar-refractivity contribution in [3.63, 3.8) is 0 Å². The summed E-state index contributed by atoms with van der Waals surface area (Å²) < 4.78 is 1.60. The molecule has 28 heavy (non-hydrogen) atoms. The topological polar surface area (TPSA) is 51.0 Å². The van der Waals surface area contributed by atoms with Crippen LogP contribution in [0.25, 0.3) is 16.8 Å². The maximum atomic E-state index is 13.4. The SMILES string of the molecule is Cc1nnn(-c2ccccc2)c1C(=O)N(C)c1ccccc1-c1ccccc1. The fourth-order valence-electron chi connectivity index (χ4n) is 3.25. The highest BCUT2D eigenvalue weighted by Gasteiger charge is 2.24. The fraction of sp³-hybridized carbons (Fsp3) is 0.0870. The zero-order valence-electron chi connectivity index (χ0n) is 15.8. The highest BCUT2D eigenvalue weighted by Crippen LogP contribution is 2.31. The van der Waals surface area contributed by atoms with E-state index in [4.69, 9.17) is 0 Å². The maximum absolute atomic E-state index is 13.4. The minimum atomic E-state index is -0.158. The summed E-state index contributed by atoms with van der Waals surface area (Å²) in [5.74, 6) is -0.158. The molecule has 4 aromatic rings. The minimum absolute atomic E-state index is 0.158. The molecule has 4 rings (SSSR count). The summed E-state index contributed by atoms with van der Waals surface area (Å²) in [5.41, 5.74) is 4.74. The molecule has 0 spiro atoms. The second-order valence-corrected chi connectivity index (χ2v) is 6.52. The van der Waals surface area contributed by atoms with Gasteiger partial charge in [0.05, 0.1) is 17.1 Å². The Labute approximate surface area is 163 Å². The summed E-state index contributed by atoms with van der Waals surface area (Å²) in [5, 5.41) is 8.32. The highest BCUT2D eigenvalue weighted by atomic mass is 16.2. The van der Waals surface area contributed by atoms with Gasteiger partial charge in [-0.2, -0.15) is 0 Å². The van der Waals surface area contributed by atoms with Crippen LogP contribution in [0.4, 0.5) is 5.69 Å². The monoisotopic (exact) mass is 368 g/mol. The molecule has 138 valence electrons. The van der Waals surface area contributed by atoms with Gasteiger partial charge in [0.15, 0.2) is 5.69 Å². The quantitative estimate of drug-likeness (QED) is 0.532. The van der Waals surface area contributed by atoms with Crippen LogP contribution in [0.5, 0.6) is 0 Å². The van der Waals surface area contributed by atoms with Crippen LogP contribution in [-0.2, 0) is 0 Å². The summed E-state index contributed by atoms with van der Waals surface area (Å²) in [7, 11) is 1.78. The molecular weight excluding hydrogens is 348 g/mol. The lowest BCUT2D eigenvalue weighted by molar-refractivity contribution is 0.0985. The number of aryl methyl sites for hydroxylation is 1. The number of hydrogen-bond donors (Lipinski definition) is 0. The fourth-order valence-corrected chi connectivity index (χ4v) is 3.25. The maximum Gasteiger partial charge on any atom is 0.278 e. The van der Waals surface area contributed by atoms with Crippen LogP contribution in [0.2, 0.25) is 0 Å². The lowest BCUT2D eigenvalue weighted by atomic mass is 10.0. The molecule has 0 aliphatic rings. The van der Waals surface area contributed by atoms with Crippen LogP contribution in [-0.4, -0.2) is 27.9 Å². The Hall–Kier alpha value is -3.73. The summed E-state index contributed by atoms with van der Waals surface area (Å²) in [6.07, 6.45) is 0. The van der Waals surface area contributed by atoms with Crippen molar-refractivity contribution in [1.29, 1.82) is 0 Å². The van der Waals surface area contributed by atoms with Gasteiger partial charge in [-0.3, -0.25) is 4.79 Å². The lowest BCUT2D eigenvalue weighted by Crippen LogP contribution is -2.29. The molecule has 0 saturated carbocycles. The van der Waals surface area contributed by atoms with Gasteiger partial charge in [-0.15, -0.1) is 5.10 Å². The molecule has 1 amide bonds. The van der Waals surface area contributed by atoms with Gasteiger partial charge in [0.25, 0.3) is 5.91 Å². The molecule has 0 aliphatic heterocycles. The first kappa shape index (κ1) is 17.7. The number of aromatic nitrogens is 3. The van der Waals surface area contributed by atoms with Gasteiger partial charge < -0.3 is 4.90 Å². The first-order valence-electron chi connectivity index (χ1n) is 9.07. The normalized spacial score (nSPS) is 10.6. The summed E-state index contributed by atoms with van der Waals surface area (Å²) in [6.45, 7) is 1.80. The van der Waals surface area contributed by atoms with E-state index < -0.39 is 0 Å². The van der Waals surface area contributed by atoms with Crippen LogP contribution in [0.1, 0.15) is 16.2 Å². The molecular formula is C23H20N4O. The van der Waals surface area contributed by atoms with Gasteiger partial charge in [0.1, 0.15) is 0 Å². The molecule has 5 heteroatoms. The summed E-state index contributed by atoms with van der Waals surface area (Å²) >= 11 is 0. The Kier molecular flexibility index (Phi) is 4.72. The number of anilines is 1. The Balaban J connectivity index is 1.77. The van der Waals surface area contributed by atoms with E-state index in [0.717, 1.165) is 22.5 Å². The van der Waals surface area contributed by atoms with Crippen molar-refractivity contribution in [3.05, 3.63) is 96.3 Å². The van der Waals surface area contributed by atoms with Crippen molar-refractivity contribution in [3.8, 4) is 16.8 Å². The van der Waals surface area contributed by atoms with Gasteiger partial charge in [0.2, 0.25) is 0 Å². The number of rotatable bonds is 4. The van der Waals surface area contributed by atoms with Crippen LogP contribution < -0.4 is 4.90 Å². The van der Waals surface area contributed by atoms with Gasteiger partial charge in [-0.05, 0) is 30.7 Å². The van der Waals surface area contributed by atoms with E-state index in [2.05, 4.69) is 10.3 Å². The third-order valence-electron chi connectivity index (χ3n) is 4.70. The number of benzene rings is 3. The average Bonchev–Trinajstić information content (AvgIpc) is 3.15. The molecule has 0 atom stereocenters. The molecule has 0 radical (unpaired) electrons. The number of nitrogens with zero attached hydrogens (tertiary/aromatic N) is 4. The van der Waals surface area contributed by atoms with E-state index in [1.807, 2.05) is 84.9 Å². The predicted octanol–water partition coefficient (Wildman–Crippen LogP) is 4.52. The van der Waals surface area contributed by atoms with Crippen molar-refractivity contribution in [2.75, 3.05) is 11.9 Å². The number of hydrogen-bond acceptors (Lipinski definition) is 3. The third-order valence-corrected chi connectivity index (χ3v) is 4.70. The molecule has 5 nitrogen and oxygen atoms in total. The van der Waals surface area contributed by atoms with E-state index in [1.54, 1.807) is 23.6 Å². The van der Waals surface area contributed by atoms with E-state index in [0.29, 0.717) is 11.4 Å². The Morgan fingerprint density at radius 3 is 2.18 bits per heavy atom. The van der Waals surface area contributed by atoms with E-state index in [9.17, 15) is 4.79 Å². The molecule has 1 aromatic heterocycles. The first-order valence-corrected chi connectivity index (χ1v) is 9.07. The smallest absolute Gasteiger partial charge is 0.278 e. The standard InChI is InChI=1S/C23H20N4O/c1-17-22(27(25-24-17)19-13-7-4-8-14-19)23(28)26(2)21-16-10-9-15-20(21)18-11-5-3-6-12-18/h3-16H,1-2H3. The second-order valence-electron chi connectivity index (χ2n) is 6.52. The zero-order valence-corrected chi connectivity index (χ0v) is 15.8. The van der Waals surface area contributed by atoms with Crippen LogP contribution in [0, 0.1) is 6.92 Å². The highest BCUT2D eigenvalue weighted by molar-refractivity contribution is 6.07. The van der Waals surface area contributed by atoms with Gasteiger partial charge in [-0.25, -0.2) is 4.68 Å². The second kappa shape index (κ2) is 7.48. The van der Waals surface area contributed by atoms with Crippen LogP contribution >= 0.6 is 0 Å². The Morgan fingerprint density at radius 1 is 0.857 bits per heavy atom. The summed E-state index contributed by atoms with van der Waals surface area (Å²) in [4.78, 5) is 15.1.